The molecule has 1 saturated carbocycles. The molecule has 2 N–H and O–H groups in total. The van der Waals surface area contributed by atoms with Crippen molar-refractivity contribution in [2.24, 2.45) is 17.8 Å². The summed E-state index contributed by atoms with van der Waals surface area (Å²) in [6.45, 7) is 7.54. The maximum absolute atomic E-state index is 12.3. The Bertz CT molecular complexity index is 277. The zero-order valence-corrected chi connectivity index (χ0v) is 11.3. The van der Waals surface area contributed by atoms with Crippen molar-refractivity contribution in [3.63, 3.8) is 0 Å². The molecule has 0 aromatic heterocycles. The van der Waals surface area contributed by atoms with Gasteiger partial charge in [0, 0.05) is 6.04 Å². The lowest BCUT2D eigenvalue weighted by atomic mass is 9.93. The molecule has 1 aliphatic heterocycles. The quantitative estimate of drug-likeness (QED) is 0.785. The van der Waals surface area contributed by atoms with Crippen LogP contribution in [0, 0.1) is 17.8 Å². The molecular formula is C14H26N2O. The Labute approximate surface area is 105 Å². The second kappa shape index (κ2) is 5.38. The van der Waals surface area contributed by atoms with Crippen molar-refractivity contribution >= 4 is 5.91 Å². The SMILES string of the molecule is CCC(NC(=O)C1NCC2CCCC21)C(C)C. The number of hydrogen-bond acceptors (Lipinski definition) is 2. The van der Waals surface area contributed by atoms with Crippen LogP contribution in [0.25, 0.3) is 0 Å². The van der Waals surface area contributed by atoms with Crippen LogP contribution in [0.4, 0.5) is 0 Å². The highest BCUT2D eigenvalue weighted by Crippen LogP contribution is 2.37. The molecule has 1 heterocycles. The molecule has 3 nitrogen and oxygen atoms in total. The van der Waals surface area contributed by atoms with Gasteiger partial charge in [0.05, 0.1) is 6.04 Å². The zero-order chi connectivity index (χ0) is 12.4. The lowest BCUT2D eigenvalue weighted by molar-refractivity contribution is -0.124. The van der Waals surface area contributed by atoms with Crippen molar-refractivity contribution in [1.29, 1.82) is 0 Å². The Morgan fingerprint density at radius 3 is 2.82 bits per heavy atom. The van der Waals surface area contributed by atoms with E-state index in [1.54, 1.807) is 0 Å². The van der Waals surface area contributed by atoms with Gasteiger partial charge >= 0.3 is 0 Å². The summed E-state index contributed by atoms with van der Waals surface area (Å²) >= 11 is 0. The minimum Gasteiger partial charge on any atom is -0.352 e. The monoisotopic (exact) mass is 238 g/mol. The molecule has 1 amide bonds. The fourth-order valence-corrected chi connectivity index (χ4v) is 3.49. The topological polar surface area (TPSA) is 41.1 Å². The fourth-order valence-electron chi connectivity index (χ4n) is 3.49. The van der Waals surface area contributed by atoms with E-state index >= 15 is 0 Å². The van der Waals surface area contributed by atoms with Crippen molar-refractivity contribution in [3.8, 4) is 0 Å². The summed E-state index contributed by atoms with van der Waals surface area (Å²) in [6, 6.07) is 0.403. The van der Waals surface area contributed by atoms with E-state index in [0.29, 0.717) is 17.9 Å². The average molecular weight is 238 g/mol. The number of amides is 1. The van der Waals surface area contributed by atoms with E-state index in [1.807, 2.05) is 0 Å². The average Bonchev–Trinajstić information content (AvgIpc) is 2.86. The van der Waals surface area contributed by atoms with E-state index in [-0.39, 0.29) is 11.9 Å². The van der Waals surface area contributed by atoms with Crippen LogP contribution in [0.1, 0.15) is 46.5 Å². The molecule has 0 aromatic carbocycles. The fraction of sp³-hybridized carbons (Fsp3) is 0.929. The Morgan fingerprint density at radius 1 is 1.41 bits per heavy atom. The van der Waals surface area contributed by atoms with E-state index in [0.717, 1.165) is 18.9 Å². The van der Waals surface area contributed by atoms with Crippen LogP contribution >= 0.6 is 0 Å². The van der Waals surface area contributed by atoms with Crippen LogP contribution < -0.4 is 10.6 Å². The third kappa shape index (κ3) is 2.65. The van der Waals surface area contributed by atoms with Gasteiger partial charge in [-0.3, -0.25) is 4.79 Å². The van der Waals surface area contributed by atoms with Gasteiger partial charge in [-0.25, -0.2) is 0 Å². The molecule has 17 heavy (non-hydrogen) atoms. The number of rotatable bonds is 4. The molecule has 0 radical (unpaired) electrons. The molecule has 0 aromatic rings. The molecule has 0 bridgehead atoms. The first kappa shape index (κ1) is 12.9. The lowest BCUT2D eigenvalue weighted by Crippen LogP contribution is -2.49. The van der Waals surface area contributed by atoms with E-state index in [9.17, 15) is 4.79 Å². The molecule has 2 fully saturated rings. The molecule has 98 valence electrons. The van der Waals surface area contributed by atoms with Crippen molar-refractivity contribution in [3.05, 3.63) is 0 Å². The van der Waals surface area contributed by atoms with Gasteiger partial charge in [0.1, 0.15) is 0 Å². The van der Waals surface area contributed by atoms with E-state index in [2.05, 4.69) is 31.4 Å². The van der Waals surface area contributed by atoms with Crippen molar-refractivity contribution in [1.82, 2.24) is 10.6 Å². The van der Waals surface area contributed by atoms with Crippen LogP contribution in [0.2, 0.25) is 0 Å². The van der Waals surface area contributed by atoms with Gasteiger partial charge in [-0.05, 0) is 43.6 Å². The molecule has 0 spiro atoms. The smallest absolute Gasteiger partial charge is 0.237 e. The predicted molar refractivity (Wildman–Crippen MR) is 69.7 cm³/mol. The second-order valence-corrected chi connectivity index (χ2v) is 6.01. The van der Waals surface area contributed by atoms with Crippen LogP contribution in [0.15, 0.2) is 0 Å². The second-order valence-electron chi connectivity index (χ2n) is 6.01. The summed E-state index contributed by atoms with van der Waals surface area (Å²) in [6.07, 6.45) is 4.86. The molecule has 2 aliphatic rings. The Balaban J connectivity index is 1.91. The van der Waals surface area contributed by atoms with Crippen LogP contribution in [-0.4, -0.2) is 24.5 Å². The highest BCUT2D eigenvalue weighted by Gasteiger charge is 2.42. The van der Waals surface area contributed by atoms with Crippen LogP contribution in [0.5, 0.6) is 0 Å². The van der Waals surface area contributed by atoms with Gasteiger partial charge in [-0.2, -0.15) is 0 Å². The first-order chi connectivity index (χ1) is 8.13. The summed E-state index contributed by atoms with van der Waals surface area (Å²) in [7, 11) is 0. The summed E-state index contributed by atoms with van der Waals surface area (Å²) in [5.74, 6) is 2.11. The largest absolute Gasteiger partial charge is 0.352 e. The van der Waals surface area contributed by atoms with Gasteiger partial charge < -0.3 is 10.6 Å². The normalized spacial score (nSPS) is 33.8. The molecular weight excluding hydrogens is 212 g/mol. The van der Waals surface area contributed by atoms with Gasteiger partial charge in [0.2, 0.25) is 5.91 Å². The van der Waals surface area contributed by atoms with Gasteiger partial charge in [0.25, 0.3) is 0 Å². The standard InChI is InChI=1S/C14H26N2O/c1-4-12(9(2)3)16-14(17)13-11-7-5-6-10(11)8-15-13/h9-13,15H,4-8H2,1-3H3,(H,16,17). The minimum atomic E-state index is 0.0790. The molecule has 3 heteroatoms. The van der Waals surface area contributed by atoms with E-state index in [4.69, 9.17) is 0 Å². The van der Waals surface area contributed by atoms with Gasteiger partial charge in [-0.1, -0.05) is 27.2 Å². The van der Waals surface area contributed by atoms with Gasteiger partial charge in [0.15, 0.2) is 0 Å². The number of carbonyl (C=O) groups is 1. The van der Waals surface area contributed by atoms with Gasteiger partial charge in [-0.15, -0.1) is 0 Å². The lowest BCUT2D eigenvalue weighted by Gasteiger charge is -2.25. The third-order valence-electron chi connectivity index (χ3n) is 4.60. The van der Waals surface area contributed by atoms with Crippen molar-refractivity contribution in [2.45, 2.75) is 58.5 Å². The summed E-state index contributed by atoms with van der Waals surface area (Å²) in [5.41, 5.74) is 0. The Hall–Kier alpha value is -0.570. The molecule has 4 unspecified atom stereocenters. The Kier molecular flexibility index (Phi) is 4.08. The number of fused-ring (bicyclic) bond motifs is 1. The first-order valence-corrected chi connectivity index (χ1v) is 7.17. The highest BCUT2D eigenvalue weighted by molar-refractivity contribution is 5.82. The minimum absolute atomic E-state index is 0.0790. The van der Waals surface area contributed by atoms with Crippen molar-refractivity contribution < 1.29 is 4.79 Å². The third-order valence-corrected chi connectivity index (χ3v) is 4.60. The highest BCUT2D eigenvalue weighted by atomic mass is 16.2. The number of hydrogen-bond donors (Lipinski definition) is 2. The first-order valence-electron chi connectivity index (χ1n) is 7.17. The Morgan fingerprint density at radius 2 is 2.18 bits per heavy atom. The molecule has 2 rings (SSSR count). The summed E-state index contributed by atoms with van der Waals surface area (Å²) in [4.78, 5) is 12.3. The van der Waals surface area contributed by atoms with Crippen LogP contribution in [-0.2, 0) is 4.79 Å². The molecule has 1 aliphatic carbocycles. The number of nitrogens with one attached hydrogen (secondary N) is 2. The number of carbonyl (C=O) groups excluding carboxylic acids is 1. The summed E-state index contributed by atoms with van der Waals surface area (Å²) in [5, 5.41) is 6.63. The molecule has 1 saturated heterocycles. The van der Waals surface area contributed by atoms with Crippen LogP contribution in [0.3, 0.4) is 0 Å². The van der Waals surface area contributed by atoms with E-state index in [1.165, 1.54) is 19.3 Å². The van der Waals surface area contributed by atoms with Crippen molar-refractivity contribution in [2.75, 3.05) is 6.54 Å². The molecule has 4 atom stereocenters. The maximum Gasteiger partial charge on any atom is 0.237 e. The zero-order valence-electron chi connectivity index (χ0n) is 11.3. The van der Waals surface area contributed by atoms with E-state index < -0.39 is 0 Å². The maximum atomic E-state index is 12.3. The predicted octanol–water partition coefficient (Wildman–Crippen LogP) is 1.93. The summed E-state index contributed by atoms with van der Waals surface area (Å²) < 4.78 is 0.